The van der Waals surface area contributed by atoms with E-state index in [1.807, 2.05) is 0 Å². The summed E-state index contributed by atoms with van der Waals surface area (Å²) in [7, 11) is 0. The second-order valence-electron chi connectivity index (χ2n) is 2.51. The Balaban J connectivity index is 3.49. The molecule has 0 aliphatic carbocycles. The highest BCUT2D eigenvalue weighted by atomic mass is 16.5. The highest BCUT2D eigenvalue weighted by Crippen LogP contribution is 1.86. The van der Waals surface area contributed by atoms with Gasteiger partial charge in [0.2, 0.25) is 0 Å². The number of nitriles is 1. The number of hydrogen-bond donors (Lipinski definition) is 1. The lowest BCUT2D eigenvalue weighted by molar-refractivity contribution is -0.141. The van der Waals surface area contributed by atoms with Crippen molar-refractivity contribution in [2.24, 2.45) is 0 Å². The van der Waals surface area contributed by atoms with Crippen LogP contribution >= 0.6 is 0 Å². The predicted octanol–water partition coefficient (Wildman–Crippen LogP) is 0.233. The number of carbonyl (C=O) groups is 2. The minimum Gasteiger partial charge on any atom is -0.461 e. The molecule has 0 amide bonds. The molecule has 0 fully saturated rings. The van der Waals surface area contributed by atoms with Crippen LogP contribution in [0.1, 0.15) is 6.42 Å². The molecular weight excluding hydrogens is 212 g/mol. The normalized spacial score (nSPS) is 9.19. The van der Waals surface area contributed by atoms with E-state index in [0.29, 0.717) is 6.54 Å². The first kappa shape index (κ1) is 13.7. The van der Waals surface area contributed by atoms with Crippen LogP contribution in [-0.4, -0.2) is 25.6 Å². The van der Waals surface area contributed by atoms with E-state index in [0.717, 1.165) is 0 Å². The summed E-state index contributed by atoms with van der Waals surface area (Å²) in [4.78, 5) is 20.6. The molecular formula is C10H12N2O4. The van der Waals surface area contributed by atoms with Crippen LogP contribution in [0.25, 0.3) is 0 Å². The van der Waals surface area contributed by atoms with Crippen molar-refractivity contribution < 1.29 is 19.1 Å². The number of esters is 1. The summed E-state index contributed by atoms with van der Waals surface area (Å²) in [6, 6.07) is 1.68. The molecule has 0 atom stereocenters. The predicted molar refractivity (Wildman–Crippen MR) is 54.6 cm³/mol. The fourth-order valence-corrected chi connectivity index (χ4v) is 0.681. The molecule has 0 aliphatic heterocycles. The van der Waals surface area contributed by atoms with Gasteiger partial charge in [-0.3, -0.25) is 9.59 Å². The van der Waals surface area contributed by atoms with Crippen molar-refractivity contribution in [3.8, 4) is 6.07 Å². The van der Waals surface area contributed by atoms with Gasteiger partial charge in [0.15, 0.2) is 5.88 Å². The zero-order chi connectivity index (χ0) is 12.2. The topological polar surface area (TPSA) is 88.4 Å². The highest BCUT2D eigenvalue weighted by Gasteiger charge is 1.97. The van der Waals surface area contributed by atoms with Crippen molar-refractivity contribution in [1.29, 1.82) is 5.26 Å². The molecule has 0 spiro atoms. The monoisotopic (exact) mass is 224 g/mol. The minimum absolute atomic E-state index is 0.100. The summed E-state index contributed by atoms with van der Waals surface area (Å²) in [6.45, 7) is 4.15. The highest BCUT2D eigenvalue weighted by molar-refractivity contribution is 5.71. The van der Waals surface area contributed by atoms with Crippen molar-refractivity contribution in [2.45, 2.75) is 6.42 Å². The largest absolute Gasteiger partial charge is 0.461 e. The quantitative estimate of drug-likeness (QED) is 0.275. The van der Waals surface area contributed by atoms with Crippen LogP contribution in [-0.2, 0) is 19.1 Å². The maximum absolute atomic E-state index is 10.7. The molecule has 16 heavy (non-hydrogen) atoms. The van der Waals surface area contributed by atoms with Crippen molar-refractivity contribution in [1.82, 2.24) is 5.32 Å². The zero-order valence-corrected chi connectivity index (χ0v) is 8.64. The van der Waals surface area contributed by atoms with E-state index in [1.165, 1.54) is 0 Å². The first-order valence-electron chi connectivity index (χ1n) is 4.41. The Labute approximate surface area is 93.1 Å². The van der Waals surface area contributed by atoms with Crippen LogP contribution in [0.2, 0.25) is 0 Å². The maximum atomic E-state index is 10.7. The van der Waals surface area contributed by atoms with E-state index in [4.69, 9.17) is 5.26 Å². The van der Waals surface area contributed by atoms with Gasteiger partial charge < -0.3 is 14.8 Å². The van der Waals surface area contributed by atoms with Crippen LogP contribution in [0.15, 0.2) is 24.6 Å². The van der Waals surface area contributed by atoms with Crippen LogP contribution in [0, 0.1) is 11.3 Å². The Kier molecular flexibility index (Phi) is 7.95. The van der Waals surface area contributed by atoms with Gasteiger partial charge in [0, 0.05) is 6.54 Å². The Hall–Kier alpha value is -2.29. The number of nitrogens with zero attached hydrogens (tertiary/aromatic N) is 1. The fourth-order valence-electron chi connectivity index (χ4n) is 0.681. The fraction of sp³-hybridized carbons (Fsp3) is 0.300. The molecule has 0 radical (unpaired) electrons. The molecule has 0 rings (SSSR count). The number of carbonyl (C=O) groups excluding carboxylic acids is 2. The van der Waals surface area contributed by atoms with E-state index >= 15 is 0 Å². The average Bonchev–Trinajstić information content (AvgIpc) is 2.24. The van der Waals surface area contributed by atoms with Gasteiger partial charge in [-0.1, -0.05) is 6.08 Å². The summed E-state index contributed by atoms with van der Waals surface area (Å²) in [5, 5.41) is 10.8. The Morgan fingerprint density at radius 1 is 1.50 bits per heavy atom. The lowest BCUT2D eigenvalue weighted by Gasteiger charge is -2.02. The molecule has 6 heteroatoms. The molecule has 0 aromatic rings. The van der Waals surface area contributed by atoms with Crippen molar-refractivity contribution >= 4 is 12.4 Å². The molecule has 0 aromatic carbocycles. The number of ether oxygens (including phenoxy) is 2. The maximum Gasteiger partial charge on any atom is 0.320 e. The zero-order valence-electron chi connectivity index (χ0n) is 8.64. The smallest absolute Gasteiger partial charge is 0.320 e. The van der Waals surface area contributed by atoms with Crippen molar-refractivity contribution in [2.75, 3.05) is 13.2 Å². The van der Waals surface area contributed by atoms with Gasteiger partial charge in [-0.05, 0) is 12.7 Å². The first-order chi connectivity index (χ1) is 7.70. The van der Waals surface area contributed by atoms with E-state index in [-0.39, 0.29) is 25.4 Å². The standard InChI is InChI=1S/C10H12N2O4/c1-9(16-8-13)12-6-2-3-7-15-10(14)4-5-11/h2-3,8,12H,1,4,6-7H2. The molecule has 0 bridgehead atoms. The molecule has 0 heterocycles. The summed E-state index contributed by atoms with van der Waals surface area (Å²) >= 11 is 0. The van der Waals surface area contributed by atoms with Gasteiger partial charge in [0.25, 0.3) is 6.47 Å². The van der Waals surface area contributed by atoms with E-state index in [1.54, 1.807) is 18.2 Å². The van der Waals surface area contributed by atoms with Crippen LogP contribution in [0.3, 0.4) is 0 Å². The third-order valence-electron chi connectivity index (χ3n) is 1.34. The molecule has 0 aliphatic rings. The molecule has 0 unspecified atom stereocenters. The number of nitrogens with one attached hydrogen (secondary N) is 1. The van der Waals surface area contributed by atoms with Gasteiger partial charge in [-0.15, -0.1) is 0 Å². The Morgan fingerprint density at radius 2 is 2.25 bits per heavy atom. The van der Waals surface area contributed by atoms with E-state index < -0.39 is 5.97 Å². The first-order valence-corrected chi connectivity index (χ1v) is 4.41. The summed E-state index contributed by atoms with van der Waals surface area (Å²) < 4.78 is 9.03. The number of rotatable bonds is 8. The third-order valence-corrected chi connectivity index (χ3v) is 1.34. The molecule has 86 valence electrons. The van der Waals surface area contributed by atoms with Crippen molar-refractivity contribution in [3.63, 3.8) is 0 Å². The second-order valence-corrected chi connectivity index (χ2v) is 2.51. The second kappa shape index (κ2) is 9.27. The number of hydrogen-bond acceptors (Lipinski definition) is 6. The van der Waals surface area contributed by atoms with Gasteiger partial charge in [-0.2, -0.15) is 5.26 Å². The average molecular weight is 224 g/mol. The minimum atomic E-state index is -0.561. The molecule has 0 saturated heterocycles. The van der Waals surface area contributed by atoms with E-state index in [9.17, 15) is 9.59 Å². The van der Waals surface area contributed by atoms with Crippen LogP contribution < -0.4 is 5.32 Å². The van der Waals surface area contributed by atoms with Gasteiger partial charge in [0.05, 0.1) is 6.07 Å². The third kappa shape index (κ3) is 8.31. The SMILES string of the molecule is C=C(NCC=CCOC(=O)CC#N)OC=O. The van der Waals surface area contributed by atoms with Crippen LogP contribution in [0.4, 0.5) is 0 Å². The van der Waals surface area contributed by atoms with E-state index in [2.05, 4.69) is 21.4 Å². The molecule has 0 saturated carbocycles. The van der Waals surface area contributed by atoms with Crippen molar-refractivity contribution in [3.05, 3.63) is 24.6 Å². The molecule has 6 nitrogen and oxygen atoms in total. The Bertz CT molecular complexity index is 317. The van der Waals surface area contributed by atoms with Crippen LogP contribution in [0.5, 0.6) is 0 Å². The molecule has 1 N–H and O–H groups in total. The summed E-state index contributed by atoms with van der Waals surface area (Å²) in [5.74, 6) is -0.421. The Morgan fingerprint density at radius 3 is 2.88 bits per heavy atom. The van der Waals surface area contributed by atoms with Gasteiger partial charge in [0.1, 0.15) is 13.0 Å². The lowest BCUT2D eigenvalue weighted by atomic mass is 10.5. The molecule has 0 aromatic heterocycles. The lowest BCUT2D eigenvalue weighted by Crippen LogP contribution is -2.14. The summed E-state index contributed by atoms with van der Waals surface area (Å²) in [6.07, 6.45) is 3.01. The summed E-state index contributed by atoms with van der Waals surface area (Å²) in [5.41, 5.74) is 0. The van der Waals surface area contributed by atoms with Gasteiger partial charge in [-0.25, -0.2) is 0 Å². The van der Waals surface area contributed by atoms with Gasteiger partial charge >= 0.3 is 5.97 Å².